The van der Waals surface area contributed by atoms with E-state index in [4.69, 9.17) is 23.7 Å². The molecule has 0 aliphatic carbocycles. The van der Waals surface area contributed by atoms with Crippen molar-refractivity contribution in [3.05, 3.63) is 47.5 Å². The van der Waals surface area contributed by atoms with Crippen molar-refractivity contribution in [1.82, 2.24) is 0 Å². The number of hydrogen-bond acceptors (Lipinski definition) is 6. The highest BCUT2D eigenvalue weighted by Gasteiger charge is 2.33. The molecule has 2 aromatic carbocycles. The summed E-state index contributed by atoms with van der Waals surface area (Å²) in [5.74, 6) is 2.35. The molecule has 2 aromatic rings. The zero-order valence-electron chi connectivity index (χ0n) is 14.4. The Morgan fingerprint density at radius 2 is 1.76 bits per heavy atom. The molecule has 0 saturated carbocycles. The zero-order valence-corrected chi connectivity index (χ0v) is 14.4. The first-order valence-electron chi connectivity index (χ1n) is 7.83. The second-order valence-electron chi connectivity index (χ2n) is 5.59. The number of methoxy groups -OCH3 is 3. The predicted octanol–water partition coefficient (Wildman–Crippen LogP) is 3.04. The van der Waals surface area contributed by atoms with Gasteiger partial charge in [-0.05, 0) is 30.3 Å². The summed E-state index contributed by atoms with van der Waals surface area (Å²) in [6.45, 7) is 0.355. The third kappa shape index (κ3) is 3.39. The predicted molar refractivity (Wildman–Crippen MR) is 91.0 cm³/mol. The van der Waals surface area contributed by atoms with Gasteiger partial charge in [-0.25, -0.2) is 0 Å². The average molecular weight is 344 g/mol. The van der Waals surface area contributed by atoms with Crippen LogP contribution in [0.4, 0.5) is 0 Å². The lowest BCUT2D eigenvalue weighted by atomic mass is 10.0. The van der Waals surface area contributed by atoms with Gasteiger partial charge in [-0.15, -0.1) is 0 Å². The van der Waals surface area contributed by atoms with Crippen LogP contribution < -0.4 is 18.9 Å². The van der Waals surface area contributed by atoms with Crippen LogP contribution in [0, 0.1) is 0 Å². The molecule has 0 aromatic heterocycles. The van der Waals surface area contributed by atoms with Crippen molar-refractivity contribution in [1.29, 1.82) is 0 Å². The smallest absolute Gasteiger partial charge is 0.163 e. The molecule has 3 rings (SSSR count). The van der Waals surface area contributed by atoms with E-state index in [-0.39, 0.29) is 6.10 Å². The number of hydrogen-bond donors (Lipinski definition) is 0. The van der Waals surface area contributed by atoms with Crippen molar-refractivity contribution in [3.8, 4) is 23.0 Å². The molecular weight excluding hydrogens is 324 g/mol. The molecular formula is C19H20O6. The number of benzene rings is 2. The Morgan fingerprint density at radius 1 is 0.960 bits per heavy atom. The summed E-state index contributed by atoms with van der Waals surface area (Å²) in [6, 6.07) is 10.6. The van der Waals surface area contributed by atoms with Gasteiger partial charge in [-0.3, -0.25) is 4.79 Å². The van der Waals surface area contributed by atoms with E-state index in [1.165, 1.54) is 0 Å². The number of ether oxygens (including phenoxy) is 5. The largest absolute Gasteiger partial charge is 0.493 e. The second-order valence-corrected chi connectivity index (χ2v) is 5.59. The van der Waals surface area contributed by atoms with Gasteiger partial charge in [0.1, 0.15) is 6.29 Å². The molecule has 0 bridgehead atoms. The van der Waals surface area contributed by atoms with Crippen molar-refractivity contribution < 1.29 is 28.5 Å². The second kappa shape index (κ2) is 7.44. The normalized spacial score (nSPS) is 18.5. The SMILES string of the molecule is COC[C@@H]1Oc2ccc(C=O)cc2O[C@H]1c1ccc(OC)c(OC)c1. The van der Waals surface area contributed by atoms with E-state index in [1.807, 2.05) is 18.2 Å². The van der Waals surface area contributed by atoms with Gasteiger partial charge >= 0.3 is 0 Å². The van der Waals surface area contributed by atoms with Crippen LogP contribution in [0.1, 0.15) is 22.0 Å². The Morgan fingerprint density at radius 3 is 2.44 bits per heavy atom. The van der Waals surface area contributed by atoms with E-state index in [2.05, 4.69) is 0 Å². The highest BCUT2D eigenvalue weighted by molar-refractivity contribution is 5.76. The quantitative estimate of drug-likeness (QED) is 0.751. The molecule has 6 heteroatoms. The standard InChI is InChI=1S/C19H20O6/c1-21-11-18-19(13-5-7-14(22-2)16(9-13)23-3)25-17-8-12(10-20)4-6-15(17)24-18/h4-10,18-19H,11H2,1-3H3/t18-,19-/m0/s1. The molecule has 0 fully saturated rings. The van der Waals surface area contributed by atoms with Crippen LogP contribution in [-0.2, 0) is 4.74 Å². The van der Waals surface area contributed by atoms with E-state index in [0.717, 1.165) is 11.8 Å². The minimum absolute atomic E-state index is 0.335. The highest BCUT2D eigenvalue weighted by Crippen LogP contribution is 2.41. The topological polar surface area (TPSA) is 63.2 Å². The fraction of sp³-hybridized carbons (Fsp3) is 0.316. The molecule has 0 amide bonds. The number of fused-ring (bicyclic) bond motifs is 1. The van der Waals surface area contributed by atoms with Crippen LogP contribution in [0.3, 0.4) is 0 Å². The van der Waals surface area contributed by atoms with Crippen molar-refractivity contribution in [2.45, 2.75) is 12.2 Å². The van der Waals surface area contributed by atoms with Crippen LogP contribution in [0.15, 0.2) is 36.4 Å². The van der Waals surface area contributed by atoms with Crippen LogP contribution in [0.25, 0.3) is 0 Å². The fourth-order valence-corrected chi connectivity index (χ4v) is 2.82. The lowest BCUT2D eigenvalue weighted by Crippen LogP contribution is -2.36. The van der Waals surface area contributed by atoms with Gasteiger partial charge < -0.3 is 23.7 Å². The summed E-state index contributed by atoms with van der Waals surface area (Å²) in [5, 5.41) is 0. The summed E-state index contributed by atoms with van der Waals surface area (Å²) >= 11 is 0. The van der Waals surface area contributed by atoms with Crippen molar-refractivity contribution in [2.75, 3.05) is 27.9 Å². The maximum atomic E-state index is 11.0. The Labute approximate surface area is 146 Å². The van der Waals surface area contributed by atoms with Gasteiger partial charge in [0.05, 0.1) is 20.8 Å². The molecule has 1 heterocycles. The number of rotatable bonds is 6. The van der Waals surface area contributed by atoms with Crippen LogP contribution in [0.5, 0.6) is 23.0 Å². The number of carbonyl (C=O) groups excluding carboxylic acids is 1. The van der Waals surface area contributed by atoms with Crippen LogP contribution >= 0.6 is 0 Å². The first-order valence-corrected chi connectivity index (χ1v) is 7.83. The molecule has 0 unspecified atom stereocenters. The summed E-state index contributed by atoms with van der Waals surface area (Å²) in [7, 11) is 4.78. The Kier molecular flexibility index (Phi) is 5.09. The Bertz CT molecular complexity index is 758. The molecule has 0 N–H and O–H groups in total. The molecule has 0 saturated heterocycles. The summed E-state index contributed by atoms with van der Waals surface area (Å²) in [6.07, 6.45) is 0.0304. The number of carbonyl (C=O) groups is 1. The van der Waals surface area contributed by atoms with E-state index < -0.39 is 6.10 Å². The fourth-order valence-electron chi connectivity index (χ4n) is 2.82. The highest BCUT2D eigenvalue weighted by atomic mass is 16.6. The van der Waals surface area contributed by atoms with Gasteiger partial charge in [0, 0.05) is 18.2 Å². The lowest BCUT2D eigenvalue weighted by molar-refractivity contribution is -0.0240. The van der Waals surface area contributed by atoms with Gasteiger partial charge in [-0.2, -0.15) is 0 Å². The molecule has 1 aliphatic rings. The maximum absolute atomic E-state index is 11.0. The van der Waals surface area contributed by atoms with Gasteiger partial charge in [-0.1, -0.05) is 6.07 Å². The average Bonchev–Trinajstić information content (AvgIpc) is 2.66. The minimum atomic E-state index is -0.408. The van der Waals surface area contributed by atoms with E-state index in [9.17, 15) is 4.79 Å². The van der Waals surface area contributed by atoms with Crippen molar-refractivity contribution in [2.24, 2.45) is 0 Å². The van der Waals surface area contributed by atoms with Crippen molar-refractivity contribution in [3.63, 3.8) is 0 Å². The third-order valence-electron chi connectivity index (χ3n) is 4.04. The lowest BCUT2D eigenvalue weighted by Gasteiger charge is -2.34. The molecule has 1 aliphatic heterocycles. The monoisotopic (exact) mass is 344 g/mol. The van der Waals surface area contributed by atoms with Gasteiger partial charge in [0.15, 0.2) is 35.2 Å². The Hall–Kier alpha value is -2.73. The molecule has 0 spiro atoms. The van der Waals surface area contributed by atoms with Gasteiger partial charge in [0.25, 0.3) is 0 Å². The first-order chi connectivity index (χ1) is 12.2. The van der Waals surface area contributed by atoms with E-state index in [0.29, 0.717) is 35.2 Å². The molecule has 132 valence electrons. The zero-order chi connectivity index (χ0) is 17.8. The molecule has 25 heavy (non-hydrogen) atoms. The van der Waals surface area contributed by atoms with Crippen LogP contribution in [0.2, 0.25) is 0 Å². The molecule has 6 nitrogen and oxygen atoms in total. The molecule has 0 radical (unpaired) electrons. The number of aldehydes is 1. The summed E-state index contributed by atoms with van der Waals surface area (Å²) in [4.78, 5) is 11.0. The third-order valence-corrected chi connectivity index (χ3v) is 4.04. The Balaban J connectivity index is 1.98. The molecule has 2 atom stereocenters. The van der Waals surface area contributed by atoms with Gasteiger partial charge in [0.2, 0.25) is 0 Å². The van der Waals surface area contributed by atoms with E-state index >= 15 is 0 Å². The summed E-state index contributed by atoms with van der Waals surface area (Å²) in [5.41, 5.74) is 1.39. The minimum Gasteiger partial charge on any atom is -0.493 e. The summed E-state index contributed by atoms with van der Waals surface area (Å²) < 4.78 is 28.1. The maximum Gasteiger partial charge on any atom is 0.163 e. The van der Waals surface area contributed by atoms with Crippen molar-refractivity contribution >= 4 is 6.29 Å². The van der Waals surface area contributed by atoms with Crippen LogP contribution in [-0.4, -0.2) is 40.3 Å². The first kappa shape index (κ1) is 17.1. The van der Waals surface area contributed by atoms with E-state index in [1.54, 1.807) is 39.5 Å².